The van der Waals surface area contributed by atoms with E-state index in [0.717, 1.165) is 11.1 Å². The smallest absolute Gasteiger partial charge is 0.323 e. The van der Waals surface area contributed by atoms with Crippen LogP contribution in [0.25, 0.3) is 0 Å². The second-order valence-corrected chi connectivity index (χ2v) is 5.86. The van der Waals surface area contributed by atoms with Crippen molar-refractivity contribution in [2.75, 3.05) is 27.3 Å². The molecule has 0 saturated carbocycles. The number of ether oxygens (including phenoxy) is 2. The Morgan fingerprint density at radius 2 is 1.62 bits per heavy atom. The third kappa shape index (κ3) is 4.75. The first-order valence-corrected chi connectivity index (χ1v) is 8.24. The Bertz CT molecular complexity index is 748. The van der Waals surface area contributed by atoms with Crippen molar-refractivity contribution in [3.63, 3.8) is 0 Å². The van der Waals surface area contributed by atoms with Crippen molar-refractivity contribution in [3.05, 3.63) is 59.2 Å². The molecule has 0 radical (unpaired) electrons. The zero-order valence-electron chi connectivity index (χ0n) is 15.2. The fraction of sp³-hybridized carbons (Fsp3) is 0.300. The molecule has 6 heteroatoms. The molecule has 2 rings (SSSR count). The van der Waals surface area contributed by atoms with E-state index in [-0.39, 0.29) is 12.5 Å². The molecule has 0 fully saturated rings. The van der Waals surface area contributed by atoms with Crippen molar-refractivity contribution < 1.29 is 24.2 Å². The molecule has 0 bridgehead atoms. The summed E-state index contributed by atoms with van der Waals surface area (Å²) in [4.78, 5) is 25.4. The highest BCUT2D eigenvalue weighted by Gasteiger charge is 2.21. The number of benzene rings is 2. The maximum atomic E-state index is 12.9. The molecule has 2 aromatic carbocycles. The number of carbonyl (C=O) groups excluding carboxylic acids is 1. The molecule has 0 atom stereocenters. The summed E-state index contributed by atoms with van der Waals surface area (Å²) < 4.78 is 10.6. The molecule has 2 aromatic rings. The average molecular weight is 357 g/mol. The molecule has 138 valence electrons. The predicted molar refractivity (Wildman–Crippen MR) is 98.0 cm³/mol. The lowest BCUT2D eigenvalue weighted by atomic mass is 10.1. The molecule has 26 heavy (non-hydrogen) atoms. The summed E-state index contributed by atoms with van der Waals surface area (Å²) in [6.45, 7) is 1.76. The highest BCUT2D eigenvalue weighted by Crippen LogP contribution is 2.30. The van der Waals surface area contributed by atoms with Crippen LogP contribution in [-0.2, 0) is 11.2 Å². The fourth-order valence-electron chi connectivity index (χ4n) is 2.72. The first-order valence-electron chi connectivity index (χ1n) is 8.24. The van der Waals surface area contributed by atoms with Gasteiger partial charge in [0.25, 0.3) is 5.91 Å². The summed E-state index contributed by atoms with van der Waals surface area (Å²) in [7, 11) is 3.03. The van der Waals surface area contributed by atoms with E-state index in [0.29, 0.717) is 30.0 Å². The average Bonchev–Trinajstić information content (AvgIpc) is 2.65. The van der Waals surface area contributed by atoms with Crippen molar-refractivity contribution >= 4 is 11.9 Å². The number of aliphatic carboxylic acids is 1. The molecule has 0 aliphatic heterocycles. The number of amides is 1. The Morgan fingerprint density at radius 3 is 2.12 bits per heavy atom. The van der Waals surface area contributed by atoms with Crippen molar-refractivity contribution in [1.82, 2.24) is 4.90 Å². The molecule has 0 saturated heterocycles. The summed E-state index contributed by atoms with van der Waals surface area (Å²) in [5, 5.41) is 9.18. The van der Waals surface area contributed by atoms with E-state index in [1.54, 1.807) is 12.1 Å². The Morgan fingerprint density at radius 1 is 1.04 bits per heavy atom. The summed E-state index contributed by atoms with van der Waals surface area (Å²) in [5.74, 6) is -0.394. The first-order chi connectivity index (χ1) is 12.5. The Balaban J connectivity index is 2.26. The maximum absolute atomic E-state index is 12.9. The molecular weight excluding hydrogens is 334 g/mol. The maximum Gasteiger partial charge on any atom is 0.323 e. The van der Waals surface area contributed by atoms with Crippen LogP contribution in [0.15, 0.2) is 42.5 Å². The van der Waals surface area contributed by atoms with Crippen LogP contribution in [-0.4, -0.2) is 49.2 Å². The van der Waals surface area contributed by atoms with Crippen LogP contribution in [0.2, 0.25) is 0 Å². The van der Waals surface area contributed by atoms with Gasteiger partial charge in [-0.05, 0) is 31.0 Å². The normalized spacial score (nSPS) is 10.3. The van der Waals surface area contributed by atoms with Crippen molar-refractivity contribution in [1.29, 1.82) is 0 Å². The van der Waals surface area contributed by atoms with E-state index < -0.39 is 5.97 Å². The quantitative estimate of drug-likeness (QED) is 0.786. The van der Waals surface area contributed by atoms with Gasteiger partial charge in [0.05, 0.1) is 14.2 Å². The highest BCUT2D eigenvalue weighted by molar-refractivity contribution is 5.96. The predicted octanol–water partition coefficient (Wildman–Crippen LogP) is 2.78. The third-order valence-corrected chi connectivity index (χ3v) is 4.13. The van der Waals surface area contributed by atoms with Gasteiger partial charge in [-0.2, -0.15) is 0 Å². The lowest BCUT2D eigenvalue weighted by Crippen LogP contribution is -2.37. The topological polar surface area (TPSA) is 76.1 Å². The monoisotopic (exact) mass is 357 g/mol. The molecule has 0 heterocycles. The first kappa shape index (κ1) is 19.3. The van der Waals surface area contributed by atoms with Gasteiger partial charge < -0.3 is 19.5 Å². The van der Waals surface area contributed by atoms with Gasteiger partial charge in [0.2, 0.25) is 0 Å². The van der Waals surface area contributed by atoms with E-state index in [1.807, 2.05) is 37.3 Å². The van der Waals surface area contributed by atoms with Crippen LogP contribution in [0.3, 0.4) is 0 Å². The van der Waals surface area contributed by atoms with Gasteiger partial charge in [-0.3, -0.25) is 9.59 Å². The number of carboxylic acid groups (broad SMARTS) is 1. The van der Waals surface area contributed by atoms with E-state index in [1.165, 1.54) is 19.1 Å². The Hall–Kier alpha value is -3.02. The number of methoxy groups -OCH3 is 2. The molecule has 0 aliphatic rings. The molecular formula is C20H23NO5. The van der Waals surface area contributed by atoms with Crippen LogP contribution >= 0.6 is 0 Å². The zero-order chi connectivity index (χ0) is 19.1. The second kappa shape index (κ2) is 8.89. The number of nitrogens with zero attached hydrogens (tertiary/aromatic N) is 1. The number of carbonyl (C=O) groups is 2. The van der Waals surface area contributed by atoms with Crippen molar-refractivity contribution in [3.8, 4) is 11.5 Å². The number of hydrogen-bond acceptors (Lipinski definition) is 4. The number of rotatable bonds is 8. The van der Waals surface area contributed by atoms with Gasteiger partial charge in [-0.25, -0.2) is 0 Å². The summed E-state index contributed by atoms with van der Waals surface area (Å²) in [6.07, 6.45) is 0.569. The van der Waals surface area contributed by atoms with Crippen LogP contribution in [0.4, 0.5) is 0 Å². The van der Waals surface area contributed by atoms with Crippen LogP contribution < -0.4 is 9.47 Å². The Labute approximate surface area is 153 Å². The minimum absolute atomic E-state index is 0.299. The van der Waals surface area contributed by atoms with Gasteiger partial charge in [0.15, 0.2) is 0 Å². The van der Waals surface area contributed by atoms with Gasteiger partial charge in [-0.15, -0.1) is 0 Å². The van der Waals surface area contributed by atoms with Gasteiger partial charge in [0, 0.05) is 17.7 Å². The van der Waals surface area contributed by atoms with Crippen LogP contribution in [0.1, 0.15) is 21.5 Å². The van der Waals surface area contributed by atoms with Crippen LogP contribution in [0.5, 0.6) is 11.5 Å². The minimum Gasteiger partial charge on any atom is -0.496 e. The van der Waals surface area contributed by atoms with E-state index in [9.17, 15) is 14.7 Å². The van der Waals surface area contributed by atoms with Gasteiger partial charge >= 0.3 is 5.97 Å². The van der Waals surface area contributed by atoms with Crippen molar-refractivity contribution in [2.45, 2.75) is 13.3 Å². The van der Waals surface area contributed by atoms with Crippen LogP contribution in [0, 0.1) is 6.92 Å². The number of carboxylic acids is 1. The van der Waals surface area contributed by atoms with E-state index in [4.69, 9.17) is 9.47 Å². The highest BCUT2D eigenvalue weighted by atomic mass is 16.5. The lowest BCUT2D eigenvalue weighted by Gasteiger charge is -2.22. The lowest BCUT2D eigenvalue weighted by molar-refractivity contribution is -0.137. The van der Waals surface area contributed by atoms with Gasteiger partial charge in [-0.1, -0.05) is 30.3 Å². The van der Waals surface area contributed by atoms with E-state index in [2.05, 4.69) is 0 Å². The number of hydrogen-bond donors (Lipinski definition) is 1. The summed E-state index contributed by atoms with van der Waals surface area (Å²) in [5.41, 5.74) is 2.15. The molecule has 0 spiro atoms. The standard InChI is InChI=1S/C20H23NO5/c1-14-17(25-2)11-16(12-18(14)26-3)20(24)21(13-19(22)23)10-9-15-7-5-4-6-8-15/h4-8,11-12H,9-10,13H2,1-3H3,(H,22,23). The molecule has 1 amide bonds. The van der Waals surface area contributed by atoms with E-state index >= 15 is 0 Å². The largest absolute Gasteiger partial charge is 0.496 e. The molecule has 1 N–H and O–H groups in total. The molecule has 0 aromatic heterocycles. The zero-order valence-corrected chi connectivity index (χ0v) is 15.2. The SMILES string of the molecule is COc1cc(C(=O)N(CCc2ccccc2)CC(=O)O)cc(OC)c1C. The molecule has 0 unspecified atom stereocenters. The Kier molecular flexibility index (Phi) is 6.60. The summed E-state index contributed by atoms with van der Waals surface area (Å²) in [6, 6.07) is 12.8. The van der Waals surface area contributed by atoms with Crippen molar-refractivity contribution in [2.24, 2.45) is 0 Å². The summed E-state index contributed by atoms with van der Waals surface area (Å²) >= 11 is 0. The fourth-order valence-corrected chi connectivity index (χ4v) is 2.72. The third-order valence-electron chi connectivity index (χ3n) is 4.13. The van der Waals surface area contributed by atoms with Gasteiger partial charge in [0.1, 0.15) is 18.0 Å². The minimum atomic E-state index is -1.06. The molecule has 6 nitrogen and oxygen atoms in total. The molecule has 0 aliphatic carbocycles. The second-order valence-electron chi connectivity index (χ2n) is 5.86.